The number of rotatable bonds is 5. The van der Waals surface area contributed by atoms with Gasteiger partial charge < -0.3 is 20.7 Å². The monoisotopic (exact) mass is 441 g/mol. The van der Waals surface area contributed by atoms with E-state index < -0.39 is 0 Å². The first-order chi connectivity index (χ1) is 15.0. The number of hydrogen-bond acceptors (Lipinski definition) is 4. The Hall–Kier alpha value is -1.99. The van der Waals surface area contributed by atoms with Crippen molar-refractivity contribution in [1.29, 1.82) is 0 Å². The predicted molar refractivity (Wildman–Crippen MR) is 123 cm³/mol. The van der Waals surface area contributed by atoms with E-state index in [2.05, 4.69) is 16.0 Å². The van der Waals surface area contributed by atoms with Crippen molar-refractivity contribution in [2.24, 2.45) is 23.2 Å². The number of hydrogen-bond donors (Lipinski definition) is 3. The summed E-state index contributed by atoms with van der Waals surface area (Å²) in [6.07, 6.45) is 9.15. The van der Waals surface area contributed by atoms with E-state index in [9.17, 15) is 9.59 Å². The van der Waals surface area contributed by atoms with Crippen LogP contribution < -0.4 is 16.0 Å². The largest absolute Gasteiger partial charge is 0.376 e. The molecule has 1 saturated heterocycles. The van der Waals surface area contributed by atoms with Gasteiger partial charge in [0.15, 0.2) is 5.11 Å². The minimum absolute atomic E-state index is 0.0919. The van der Waals surface area contributed by atoms with Gasteiger partial charge in [-0.2, -0.15) is 0 Å². The molecule has 6 rings (SSSR count). The number of anilines is 1. The second kappa shape index (κ2) is 8.51. The second-order valence-corrected chi connectivity index (χ2v) is 10.4. The molecule has 4 aliphatic carbocycles. The van der Waals surface area contributed by atoms with Gasteiger partial charge in [-0.1, -0.05) is 0 Å². The molecule has 5 aliphatic rings. The summed E-state index contributed by atoms with van der Waals surface area (Å²) < 4.78 is 5.54. The highest BCUT2D eigenvalue weighted by Gasteiger charge is 2.54. The van der Waals surface area contributed by atoms with Crippen LogP contribution in [0.4, 0.5) is 5.69 Å². The molecule has 4 saturated carbocycles. The fourth-order valence-corrected chi connectivity index (χ4v) is 6.82. The Morgan fingerprint density at radius 1 is 1.03 bits per heavy atom. The summed E-state index contributed by atoms with van der Waals surface area (Å²) in [5, 5.41) is 9.31. The summed E-state index contributed by atoms with van der Waals surface area (Å²) in [5.74, 6) is 2.14. The van der Waals surface area contributed by atoms with Gasteiger partial charge in [0.1, 0.15) is 0 Å². The molecule has 0 radical (unpaired) electrons. The van der Waals surface area contributed by atoms with Crippen LogP contribution in [0.15, 0.2) is 24.3 Å². The Labute approximate surface area is 188 Å². The smallest absolute Gasteiger partial charge is 0.251 e. The molecule has 1 heterocycles. The van der Waals surface area contributed by atoms with Crippen molar-refractivity contribution in [3.63, 3.8) is 0 Å². The van der Waals surface area contributed by atoms with Crippen molar-refractivity contribution in [1.82, 2.24) is 10.6 Å². The molecule has 0 aromatic heterocycles. The molecule has 3 N–H and O–H groups in total. The topological polar surface area (TPSA) is 79.5 Å². The lowest BCUT2D eigenvalue weighted by atomic mass is 9.49. The molecule has 1 aromatic rings. The Balaban J connectivity index is 1.13. The summed E-state index contributed by atoms with van der Waals surface area (Å²) in [6.45, 7) is 1.32. The summed E-state index contributed by atoms with van der Waals surface area (Å²) in [6, 6.07) is 7.14. The van der Waals surface area contributed by atoms with Crippen molar-refractivity contribution in [2.45, 2.75) is 57.5 Å². The zero-order valence-corrected chi connectivity index (χ0v) is 18.6. The lowest BCUT2D eigenvalue weighted by Crippen LogP contribution is -2.55. The fraction of sp³-hybridized carbons (Fsp3) is 0.625. The summed E-state index contributed by atoms with van der Waals surface area (Å²) >= 11 is 5.42. The molecular formula is C24H31N3O3S. The number of carbonyl (C=O) groups excluding carboxylic acids is 2. The summed E-state index contributed by atoms with van der Waals surface area (Å²) in [4.78, 5) is 25.4. The molecule has 1 unspecified atom stereocenters. The maximum atomic E-state index is 13.1. The highest BCUT2D eigenvalue weighted by Crippen LogP contribution is 2.60. The Morgan fingerprint density at radius 3 is 2.26 bits per heavy atom. The van der Waals surface area contributed by atoms with Crippen LogP contribution in [0.3, 0.4) is 0 Å². The highest BCUT2D eigenvalue weighted by atomic mass is 32.1. The molecular weight excluding hydrogens is 410 g/mol. The van der Waals surface area contributed by atoms with Crippen molar-refractivity contribution in [3.05, 3.63) is 29.8 Å². The molecule has 1 aromatic carbocycles. The van der Waals surface area contributed by atoms with Crippen LogP contribution >= 0.6 is 12.2 Å². The van der Waals surface area contributed by atoms with Gasteiger partial charge in [0.25, 0.3) is 5.91 Å². The van der Waals surface area contributed by atoms with Gasteiger partial charge >= 0.3 is 0 Å². The maximum absolute atomic E-state index is 13.1. The van der Waals surface area contributed by atoms with Crippen molar-refractivity contribution >= 4 is 34.8 Å². The van der Waals surface area contributed by atoms with E-state index in [1.807, 2.05) is 12.1 Å². The average Bonchev–Trinajstić information content (AvgIpc) is 3.25. The number of amides is 2. The Kier molecular flexibility index (Phi) is 5.73. The molecule has 4 bridgehead atoms. The van der Waals surface area contributed by atoms with Gasteiger partial charge in [-0.3, -0.25) is 9.59 Å². The Bertz CT molecular complexity index is 828. The van der Waals surface area contributed by atoms with Crippen LogP contribution in [0.2, 0.25) is 0 Å². The van der Waals surface area contributed by atoms with Crippen molar-refractivity contribution in [2.75, 3.05) is 18.5 Å². The minimum atomic E-state index is -0.217. The molecule has 31 heavy (non-hydrogen) atoms. The van der Waals surface area contributed by atoms with Crippen LogP contribution in [-0.2, 0) is 9.53 Å². The van der Waals surface area contributed by atoms with Crippen LogP contribution in [0.1, 0.15) is 61.7 Å². The SMILES string of the molecule is O=C(NCC1CCCO1)c1ccc(NC(=S)NC(=O)C23CC4CC(CC(C4)C2)C3)cc1. The van der Waals surface area contributed by atoms with Gasteiger partial charge in [0, 0.05) is 24.4 Å². The van der Waals surface area contributed by atoms with E-state index in [1.54, 1.807) is 12.1 Å². The van der Waals surface area contributed by atoms with E-state index in [4.69, 9.17) is 17.0 Å². The number of carbonyl (C=O) groups is 2. The van der Waals surface area contributed by atoms with Crippen LogP contribution in [-0.4, -0.2) is 36.2 Å². The normalized spacial score (nSPS) is 33.2. The number of ether oxygens (including phenoxy) is 1. The third-order valence-electron chi connectivity index (χ3n) is 7.67. The molecule has 2 amide bonds. The average molecular weight is 442 g/mol. The van der Waals surface area contributed by atoms with Gasteiger partial charge in [0.2, 0.25) is 5.91 Å². The molecule has 0 spiro atoms. The standard InChI is InChI=1S/C24H31N3O3S/c28-21(25-14-20-2-1-7-30-20)18-3-5-19(6-4-18)26-23(31)27-22(29)24-11-15-8-16(12-24)10-17(9-15)13-24/h3-6,15-17,20H,1-2,7-14H2,(H,25,28)(H2,26,27,29,31). The lowest BCUT2D eigenvalue weighted by molar-refractivity contribution is -0.144. The third-order valence-corrected chi connectivity index (χ3v) is 7.87. The minimum Gasteiger partial charge on any atom is -0.376 e. The van der Waals surface area contributed by atoms with E-state index in [1.165, 1.54) is 19.3 Å². The number of nitrogens with one attached hydrogen (secondary N) is 3. The molecule has 6 nitrogen and oxygen atoms in total. The van der Waals surface area contributed by atoms with Gasteiger partial charge in [-0.15, -0.1) is 0 Å². The first kappa shape index (κ1) is 20.9. The van der Waals surface area contributed by atoms with Gasteiger partial charge in [-0.25, -0.2) is 0 Å². The zero-order valence-electron chi connectivity index (χ0n) is 17.8. The molecule has 166 valence electrons. The summed E-state index contributed by atoms with van der Waals surface area (Å²) in [7, 11) is 0. The number of benzene rings is 1. The van der Waals surface area contributed by atoms with E-state index in [0.717, 1.165) is 62.2 Å². The van der Waals surface area contributed by atoms with Crippen LogP contribution in [0.5, 0.6) is 0 Å². The highest BCUT2D eigenvalue weighted by molar-refractivity contribution is 7.80. The molecule has 1 atom stereocenters. The third kappa shape index (κ3) is 4.48. The Morgan fingerprint density at radius 2 is 1.68 bits per heavy atom. The molecule has 7 heteroatoms. The van der Waals surface area contributed by atoms with Gasteiger partial charge in [0.05, 0.1) is 11.5 Å². The quantitative estimate of drug-likeness (QED) is 0.608. The predicted octanol–water partition coefficient (Wildman–Crippen LogP) is 3.62. The van der Waals surface area contributed by atoms with E-state index >= 15 is 0 Å². The van der Waals surface area contributed by atoms with E-state index in [0.29, 0.717) is 17.2 Å². The van der Waals surface area contributed by atoms with E-state index in [-0.39, 0.29) is 23.3 Å². The fourth-order valence-electron chi connectivity index (χ4n) is 6.61. The van der Waals surface area contributed by atoms with Crippen LogP contribution in [0.25, 0.3) is 0 Å². The van der Waals surface area contributed by atoms with Gasteiger partial charge in [-0.05, 0) is 106 Å². The molecule has 5 fully saturated rings. The maximum Gasteiger partial charge on any atom is 0.251 e. The summed E-state index contributed by atoms with van der Waals surface area (Å²) in [5.41, 5.74) is 1.13. The zero-order chi connectivity index (χ0) is 21.4. The van der Waals surface area contributed by atoms with Crippen LogP contribution in [0, 0.1) is 23.2 Å². The van der Waals surface area contributed by atoms with Crippen molar-refractivity contribution in [3.8, 4) is 0 Å². The van der Waals surface area contributed by atoms with Crippen molar-refractivity contribution < 1.29 is 14.3 Å². The first-order valence-corrected chi connectivity index (χ1v) is 12.0. The number of thiocarbonyl (C=S) groups is 1. The lowest BCUT2D eigenvalue weighted by Gasteiger charge is -2.55. The second-order valence-electron chi connectivity index (χ2n) is 10.0. The molecule has 1 aliphatic heterocycles. The first-order valence-electron chi connectivity index (χ1n) is 11.6.